The quantitative estimate of drug-likeness (QED) is 0.821. The van der Waals surface area contributed by atoms with Gasteiger partial charge >= 0.3 is 0 Å². The highest BCUT2D eigenvalue weighted by atomic mass is 32.2. The van der Waals surface area contributed by atoms with Crippen LogP contribution in [0.15, 0.2) is 35.4 Å². The molecule has 2 heterocycles. The van der Waals surface area contributed by atoms with E-state index in [0.717, 1.165) is 11.3 Å². The van der Waals surface area contributed by atoms with Crippen molar-refractivity contribution in [1.29, 1.82) is 0 Å². The molecular formula is C14H19N3O2S2. The highest BCUT2D eigenvalue weighted by Gasteiger charge is 2.15. The van der Waals surface area contributed by atoms with Crippen molar-refractivity contribution in [3.05, 3.63) is 40.2 Å². The first-order valence-electron chi connectivity index (χ1n) is 6.82. The lowest BCUT2D eigenvalue weighted by molar-refractivity contribution is 0.581. The molecule has 5 nitrogen and oxygen atoms in total. The van der Waals surface area contributed by atoms with Crippen LogP contribution in [0.25, 0.3) is 0 Å². The first-order chi connectivity index (χ1) is 10.0. The van der Waals surface area contributed by atoms with E-state index in [9.17, 15) is 8.42 Å². The van der Waals surface area contributed by atoms with Crippen molar-refractivity contribution < 1.29 is 8.42 Å². The second-order valence-electron chi connectivity index (χ2n) is 4.45. The predicted octanol–water partition coefficient (Wildman–Crippen LogP) is 2.62. The molecule has 0 aliphatic carbocycles. The number of anilines is 1. The van der Waals surface area contributed by atoms with E-state index in [0.29, 0.717) is 18.9 Å². The van der Waals surface area contributed by atoms with Crippen LogP contribution >= 0.6 is 11.3 Å². The fraction of sp³-hybridized carbons (Fsp3) is 0.357. The minimum atomic E-state index is -3.52. The Morgan fingerprint density at radius 2 is 1.95 bits per heavy atom. The van der Waals surface area contributed by atoms with Crippen LogP contribution in [-0.4, -0.2) is 19.9 Å². The topological polar surface area (TPSA) is 71.1 Å². The van der Waals surface area contributed by atoms with Crippen LogP contribution in [0.1, 0.15) is 23.6 Å². The van der Waals surface area contributed by atoms with E-state index in [1.807, 2.05) is 19.1 Å². The van der Waals surface area contributed by atoms with Gasteiger partial charge in [-0.2, -0.15) is 0 Å². The number of nitrogens with one attached hydrogen (secondary N) is 2. The van der Waals surface area contributed by atoms with E-state index in [1.54, 1.807) is 11.3 Å². The van der Waals surface area contributed by atoms with Crippen molar-refractivity contribution in [3.8, 4) is 0 Å². The van der Waals surface area contributed by atoms with Gasteiger partial charge in [-0.3, -0.25) is 0 Å². The monoisotopic (exact) mass is 325 g/mol. The summed E-state index contributed by atoms with van der Waals surface area (Å²) in [5.74, 6) is 0.560. The molecule has 0 saturated heterocycles. The smallest absolute Gasteiger partial charge is 0.241 e. The van der Waals surface area contributed by atoms with Gasteiger partial charge in [0.2, 0.25) is 10.0 Å². The van der Waals surface area contributed by atoms with E-state index in [4.69, 9.17) is 0 Å². The second kappa shape index (κ2) is 7.02. The first kappa shape index (κ1) is 15.9. The van der Waals surface area contributed by atoms with E-state index in [-0.39, 0.29) is 4.90 Å². The standard InChI is InChI=1S/C14H19N3O2S2/c1-3-11-5-6-12(20-11)10-17-21(18,19)13-7-8-16-14(9-13)15-4-2/h5-9,17H,3-4,10H2,1-2H3,(H,15,16). The molecule has 0 aliphatic rings. The summed E-state index contributed by atoms with van der Waals surface area (Å²) in [6.45, 7) is 5.02. The van der Waals surface area contributed by atoms with Gasteiger partial charge in [-0.15, -0.1) is 11.3 Å². The Hall–Kier alpha value is -1.44. The third-order valence-electron chi connectivity index (χ3n) is 2.90. The lowest BCUT2D eigenvalue weighted by atomic mass is 10.4. The Labute approximate surface area is 129 Å². The summed E-state index contributed by atoms with van der Waals surface area (Å²) < 4.78 is 27.2. The zero-order valence-corrected chi connectivity index (χ0v) is 13.7. The molecule has 7 heteroatoms. The molecule has 0 saturated carbocycles. The number of pyridine rings is 1. The zero-order valence-electron chi connectivity index (χ0n) is 12.1. The van der Waals surface area contributed by atoms with Crippen LogP contribution in [0.3, 0.4) is 0 Å². The minimum absolute atomic E-state index is 0.223. The van der Waals surface area contributed by atoms with Gasteiger partial charge in [0.15, 0.2) is 0 Å². The van der Waals surface area contributed by atoms with Gasteiger partial charge in [0.25, 0.3) is 0 Å². The van der Waals surface area contributed by atoms with Crippen molar-refractivity contribution in [2.45, 2.75) is 31.7 Å². The number of hydrogen-bond acceptors (Lipinski definition) is 5. The number of rotatable bonds is 7. The molecule has 0 fully saturated rings. The Morgan fingerprint density at radius 3 is 2.62 bits per heavy atom. The maximum absolute atomic E-state index is 12.3. The molecule has 21 heavy (non-hydrogen) atoms. The molecule has 0 radical (unpaired) electrons. The largest absolute Gasteiger partial charge is 0.370 e. The minimum Gasteiger partial charge on any atom is -0.370 e. The Bertz CT molecular complexity index is 696. The molecule has 0 aliphatic heterocycles. The summed E-state index contributed by atoms with van der Waals surface area (Å²) in [5.41, 5.74) is 0. The van der Waals surface area contributed by atoms with Gasteiger partial charge < -0.3 is 5.32 Å². The highest BCUT2D eigenvalue weighted by molar-refractivity contribution is 7.89. The maximum Gasteiger partial charge on any atom is 0.241 e. The number of thiophene rings is 1. The fourth-order valence-electron chi connectivity index (χ4n) is 1.81. The zero-order chi connectivity index (χ0) is 15.3. The van der Waals surface area contributed by atoms with Gasteiger partial charge in [0.1, 0.15) is 5.82 Å². The molecule has 2 rings (SSSR count). The molecule has 0 unspecified atom stereocenters. The SMILES string of the molecule is CCNc1cc(S(=O)(=O)NCc2ccc(CC)s2)ccn1. The summed E-state index contributed by atoms with van der Waals surface area (Å²) in [7, 11) is -3.52. The van der Waals surface area contributed by atoms with E-state index < -0.39 is 10.0 Å². The summed E-state index contributed by atoms with van der Waals surface area (Å²) in [6.07, 6.45) is 2.46. The summed E-state index contributed by atoms with van der Waals surface area (Å²) in [5, 5.41) is 3.00. The molecular weight excluding hydrogens is 306 g/mol. The van der Waals surface area contributed by atoms with Crippen LogP contribution in [0.4, 0.5) is 5.82 Å². The van der Waals surface area contributed by atoms with E-state index in [2.05, 4.69) is 21.9 Å². The molecule has 2 aromatic heterocycles. The number of aryl methyl sites for hydroxylation is 1. The third-order valence-corrected chi connectivity index (χ3v) is 5.53. The molecule has 2 aromatic rings. The third kappa shape index (κ3) is 4.26. The normalized spacial score (nSPS) is 11.5. The van der Waals surface area contributed by atoms with Crippen molar-refractivity contribution in [3.63, 3.8) is 0 Å². The van der Waals surface area contributed by atoms with Crippen molar-refractivity contribution in [2.24, 2.45) is 0 Å². The summed E-state index contributed by atoms with van der Waals surface area (Å²) in [6, 6.07) is 7.03. The Kier molecular flexibility index (Phi) is 5.33. The second-order valence-corrected chi connectivity index (χ2v) is 7.47. The lowest BCUT2D eigenvalue weighted by Crippen LogP contribution is -2.23. The van der Waals surface area contributed by atoms with Gasteiger partial charge in [-0.05, 0) is 31.5 Å². The average molecular weight is 325 g/mol. The number of aromatic nitrogens is 1. The Balaban J connectivity index is 2.09. The van der Waals surface area contributed by atoms with E-state index in [1.165, 1.54) is 23.2 Å². The summed E-state index contributed by atoms with van der Waals surface area (Å²) in [4.78, 5) is 6.56. The number of nitrogens with zero attached hydrogens (tertiary/aromatic N) is 1. The van der Waals surface area contributed by atoms with Crippen LogP contribution in [0.2, 0.25) is 0 Å². The molecule has 0 spiro atoms. The molecule has 2 N–H and O–H groups in total. The Morgan fingerprint density at radius 1 is 1.19 bits per heavy atom. The van der Waals surface area contributed by atoms with Crippen molar-refractivity contribution >= 4 is 27.2 Å². The van der Waals surface area contributed by atoms with Crippen LogP contribution in [-0.2, 0) is 23.0 Å². The molecule has 0 atom stereocenters. The van der Waals surface area contributed by atoms with E-state index >= 15 is 0 Å². The predicted molar refractivity (Wildman–Crippen MR) is 86.1 cm³/mol. The molecule has 114 valence electrons. The number of sulfonamides is 1. The van der Waals surface area contributed by atoms with Gasteiger partial charge in [-0.25, -0.2) is 18.1 Å². The van der Waals surface area contributed by atoms with Crippen molar-refractivity contribution in [1.82, 2.24) is 9.71 Å². The lowest BCUT2D eigenvalue weighted by Gasteiger charge is -2.07. The number of hydrogen-bond donors (Lipinski definition) is 2. The van der Waals surface area contributed by atoms with Crippen LogP contribution in [0, 0.1) is 0 Å². The first-order valence-corrected chi connectivity index (χ1v) is 9.12. The van der Waals surface area contributed by atoms with Gasteiger partial charge in [0, 0.05) is 35.1 Å². The molecule has 0 aromatic carbocycles. The fourth-order valence-corrected chi connectivity index (χ4v) is 3.82. The van der Waals surface area contributed by atoms with Crippen LogP contribution in [0.5, 0.6) is 0 Å². The molecule has 0 bridgehead atoms. The summed E-state index contributed by atoms with van der Waals surface area (Å²) >= 11 is 1.63. The average Bonchev–Trinajstić information content (AvgIpc) is 2.94. The van der Waals surface area contributed by atoms with Gasteiger partial charge in [-0.1, -0.05) is 6.92 Å². The van der Waals surface area contributed by atoms with Crippen LogP contribution < -0.4 is 10.0 Å². The highest BCUT2D eigenvalue weighted by Crippen LogP contribution is 2.18. The maximum atomic E-state index is 12.3. The van der Waals surface area contributed by atoms with Crippen molar-refractivity contribution in [2.75, 3.05) is 11.9 Å². The van der Waals surface area contributed by atoms with Gasteiger partial charge in [0.05, 0.1) is 4.90 Å². The molecule has 0 amide bonds.